The zero-order chi connectivity index (χ0) is 11.4. The Labute approximate surface area is 92.6 Å². The molecule has 0 aliphatic carbocycles. The molecule has 0 amide bonds. The average Bonchev–Trinajstić information content (AvgIpc) is 2.73. The fraction of sp³-hybridized carbons (Fsp3) is 0.200. The van der Waals surface area contributed by atoms with Crippen LogP contribution in [0.4, 0.5) is 5.69 Å². The highest BCUT2D eigenvalue weighted by atomic mass is 15.3. The lowest BCUT2D eigenvalue weighted by Gasteiger charge is -2.02. The van der Waals surface area contributed by atoms with E-state index in [1.807, 2.05) is 13.1 Å². The Morgan fingerprint density at radius 1 is 1.44 bits per heavy atom. The molecule has 0 fully saturated rings. The van der Waals surface area contributed by atoms with Gasteiger partial charge < -0.3 is 5.32 Å². The van der Waals surface area contributed by atoms with Crippen molar-refractivity contribution in [1.29, 1.82) is 5.26 Å². The van der Waals surface area contributed by atoms with E-state index in [1.54, 1.807) is 29.3 Å². The molecule has 0 aliphatic heterocycles. The smallest absolute Gasteiger partial charge is 0.169 e. The van der Waals surface area contributed by atoms with E-state index in [4.69, 9.17) is 5.26 Å². The van der Waals surface area contributed by atoms with E-state index in [9.17, 15) is 0 Å². The molecule has 0 saturated carbocycles. The summed E-state index contributed by atoms with van der Waals surface area (Å²) in [4.78, 5) is 8.03. The van der Waals surface area contributed by atoms with Crippen molar-refractivity contribution in [1.82, 2.24) is 19.7 Å². The van der Waals surface area contributed by atoms with Crippen LogP contribution in [0.5, 0.6) is 0 Å². The maximum Gasteiger partial charge on any atom is 0.169 e. The van der Waals surface area contributed by atoms with Gasteiger partial charge in [0.2, 0.25) is 0 Å². The molecule has 0 aliphatic rings. The highest BCUT2D eigenvalue weighted by Gasteiger charge is 1.99. The van der Waals surface area contributed by atoms with Gasteiger partial charge in [0, 0.05) is 7.05 Å². The number of anilines is 1. The van der Waals surface area contributed by atoms with E-state index in [-0.39, 0.29) is 0 Å². The zero-order valence-electron chi connectivity index (χ0n) is 8.75. The molecule has 2 aromatic heterocycles. The SMILES string of the molecule is Cn1cnc(CNc2ccc(C#N)nc2)n1. The van der Waals surface area contributed by atoms with Crippen LogP contribution < -0.4 is 5.32 Å². The van der Waals surface area contributed by atoms with Gasteiger partial charge in [0.15, 0.2) is 5.82 Å². The average molecular weight is 214 g/mol. The van der Waals surface area contributed by atoms with Crippen molar-refractivity contribution in [2.45, 2.75) is 6.54 Å². The molecule has 2 rings (SSSR count). The molecule has 80 valence electrons. The van der Waals surface area contributed by atoms with Crippen LogP contribution in [0.1, 0.15) is 11.5 Å². The first-order valence-corrected chi connectivity index (χ1v) is 4.72. The van der Waals surface area contributed by atoms with Crippen molar-refractivity contribution < 1.29 is 0 Å². The minimum Gasteiger partial charge on any atom is -0.376 e. The maximum atomic E-state index is 8.58. The number of aryl methyl sites for hydroxylation is 1. The molecular formula is C10H10N6. The highest BCUT2D eigenvalue weighted by Crippen LogP contribution is 2.06. The number of hydrogen-bond donors (Lipinski definition) is 1. The fourth-order valence-corrected chi connectivity index (χ4v) is 1.21. The quantitative estimate of drug-likeness (QED) is 0.813. The van der Waals surface area contributed by atoms with E-state index in [0.29, 0.717) is 18.1 Å². The summed E-state index contributed by atoms with van der Waals surface area (Å²) in [6.45, 7) is 0.536. The van der Waals surface area contributed by atoms with Crippen LogP contribution in [0.15, 0.2) is 24.7 Å². The van der Waals surface area contributed by atoms with Crippen LogP contribution in [0.2, 0.25) is 0 Å². The topological polar surface area (TPSA) is 79.4 Å². The van der Waals surface area contributed by atoms with E-state index >= 15 is 0 Å². The van der Waals surface area contributed by atoms with Gasteiger partial charge in [-0.3, -0.25) is 4.68 Å². The maximum absolute atomic E-state index is 8.58. The summed E-state index contributed by atoms with van der Waals surface area (Å²) in [5.74, 6) is 0.715. The lowest BCUT2D eigenvalue weighted by molar-refractivity contribution is 0.747. The molecule has 0 saturated heterocycles. The van der Waals surface area contributed by atoms with Gasteiger partial charge >= 0.3 is 0 Å². The van der Waals surface area contributed by atoms with Crippen LogP contribution in [0, 0.1) is 11.3 Å². The van der Waals surface area contributed by atoms with Gasteiger partial charge in [0.05, 0.1) is 18.4 Å². The summed E-state index contributed by atoms with van der Waals surface area (Å²) in [5, 5.41) is 15.8. The second-order valence-corrected chi connectivity index (χ2v) is 3.23. The summed E-state index contributed by atoms with van der Waals surface area (Å²) >= 11 is 0. The van der Waals surface area contributed by atoms with Gasteiger partial charge in [-0.25, -0.2) is 9.97 Å². The molecule has 2 heterocycles. The van der Waals surface area contributed by atoms with Crippen molar-refractivity contribution in [3.05, 3.63) is 36.2 Å². The summed E-state index contributed by atoms with van der Waals surface area (Å²) < 4.78 is 1.65. The molecule has 16 heavy (non-hydrogen) atoms. The third kappa shape index (κ3) is 2.33. The first-order valence-electron chi connectivity index (χ1n) is 4.72. The Balaban J connectivity index is 1.97. The van der Waals surface area contributed by atoms with Crippen LogP contribution in [-0.4, -0.2) is 19.7 Å². The first-order chi connectivity index (χ1) is 7.78. The molecule has 0 bridgehead atoms. The van der Waals surface area contributed by atoms with Crippen LogP contribution in [0.3, 0.4) is 0 Å². The largest absolute Gasteiger partial charge is 0.376 e. The van der Waals surface area contributed by atoms with Crippen LogP contribution in [0.25, 0.3) is 0 Å². The Hall–Kier alpha value is -2.42. The molecular weight excluding hydrogens is 204 g/mol. The minimum atomic E-state index is 0.404. The number of aromatic nitrogens is 4. The molecule has 0 radical (unpaired) electrons. The monoisotopic (exact) mass is 214 g/mol. The zero-order valence-corrected chi connectivity index (χ0v) is 8.75. The van der Waals surface area contributed by atoms with Crippen molar-refractivity contribution in [2.24, 2.45) is 7.05 Å². The van der Waals surface area contributed by atoms with Crippen LogP contribution in [-0.2, 0) is 13.6 Å². The fourth-order valence-electron chi connectivity index (χ4n) is 1.21. The lowest BCUT2D eigenvalue weighted by atomic mass is 10.3. The first kappa shape index (κ1) is 10.1. The molecule has 0 atom stereocenters. The van der Waals surface area contributed by atoms with Gasteiger partial charge in [-0.15, -0.1) is 0 Å². The third-order valence-corrected chi connectivity index (χ3v) is 1.98. The van der Waals surface area contributed by atoms with E-state index in [2.05, 4.69) is 20.4 Å². The number of hydrogen-bond acceptors (Lipinski definition) is 5. The summed E-state index contributed by atoms with van der Waals surface area (Å²) in [6.07, 6.45) is 3.26. The standard InChI is InChI=1S/C10H10N6/c1-16-7-14-10(15-16)6-13-9-3-2-8(4-11)12-5-9/h2-3,5,7,13H,6H2,1H3. The van der Waals surface area contributed by atoms with E-state index < -0.39 is 0 Å². The van der Waals surface area contributed by atoms with Crippen molar-refractivity contribution >= 4 is 5.69 Å². The highest BCUT2D eigenvalue weighted by molar-refractivity contribution is 5.42. The third-order valence-electron chi connectivity index (χ3n) is 1.98. The van der Waals surface area contributed by atoms with Crippen molar-refractivity contribution in [3.63, 3.8) is 0 Å². The predicted octanol–water partition coefficient (Wildman–Crippen LogP) is 0.694. The summed E-state index contributed by atoms with van der Waals surface area (Å²) in [5.41, 5.74) is 1.24. The van der Waals surface area contributed by atoms with Crippen molar-refractivity contribution in [2.75, 3.05) is 5.32 Å². The van der Waals surface area contributed by atoms with Gasteiger partial charge in [-0.05, 0) is 12.1 Å². The second-order valence-electron chi connectivity index (χ2n) is 3.23. The number of rotatable bonds is 3. The Bertz CT molecular complexity index is 507. The second kappa shape index (κ2) is 4.40. The Kier molecular flexibility index (Phi) is 2.78. The summed E-state index contributed by atoms with van der Waals surface area (Å²) in [7, 11) is 1.82. The molecule has 2 aromatic rings. The lowest BCUT2D eigenvalue weighted by Crippen LogP contribution is -2.02. The minimum absolute atomic E-state index is 0.404. The van der Waals surface area contributed by atoms with E-state index in [1.165, 1.54) is 0 Å². The molecule has 1 N–H and O–H groups in total. The molecule has 0 aromatic carbocycles. The predicted molar refractivity (Wildman–Crippen MR) is 57.3 cm³/mol. The van der Waals surface area contributed by atoms with E-state index in [0.717, 1.165) is 5.69 Å². The molecule has 6 heteroatoms. The van der Waals surface area contributed by atoms with Crippen molar-refractivity contribution in [3.8, 4) is 6.07 Å². The van der Waals surface area contributed by atoms with Crippen LogP contribution >= 0.6 is 0 Å². The van der Waals surface area contributed by atoms with Gasteiger partial charge in [0.25, 0.3) is 0 Å². The number of nitrogens with one attached hydrogen (secondary N) is 1. The number of nitrogens with zero attached hydrogens (tertiary/aromatic N) is 5. The Morgan fingerprint density at radius 2 is 2.31 bits per heavy atom. The normalized spacial score (nSPS) is 9.75. The van der Waals surface area contributed by atoms with Gasteiger partial charge in [0.1, 0.15) is 18.1 Å². The molecule has 0 spiro atoms. The van der Waals surface area contributed by atoms with Gasteiger partial charge in [-0.1, -0.05) is 0 Å². The number of nitriles is 1. The Morgan fingerprint density at radius 3 is 2.88 bits per heavy atom. The number of pyridine rings is 1. The summed E-state index contributed by atoms with van der Waals surface area (Å²) in [6, 6.07) is 5.43. The van der Waals surface area contributed by atoms with Gasteiger partial charge in [-0.2, -0.15) is 10.4 Å². The molecule has 6 nitrogen and oxygen atoms in total. The molecule has 0 unspecified atom stereocenters.